The summed E-state index contributed by atoms with van der Waals surface area (Å²) in [7, 11) is 0. The summed E-state index contributed by atoms with van der Waals surface area (Å²) in [5.74, 6) is 13.7. The van der Waals surface area contributed by atoms with Crippen LogP contribution in [0.4, 0.5) is 0 Å². The Balaban J connectivity index is 0.000000353. The molecule has 1 heterocycles. The van der Waals surface area contributed by atoms with E-state index in [1.807, 2.05) is 6.07 Å². The van der Waals surface area contributed by atoms with Gasteiger partial charge in [-0.1, -0.05) is 45.5 Å². The summed E-state index contributed by atoms with van der Waals surface area (Å²) in [5.41, 5.74) is 2.58. The number of phenolic OH excluding ortho intramolecular Hbond substituents is 1. The number of ether oxygens (including phenoxy) is 1. The third-order valence-corrected chi connectivity index (χ3v) is 7.42. The Labute approximate surface area is 177 Å². The summed E-state index contributed by atoms with van der Waals surface area (Å²) >= 11 is 0. The highest BCUT2D eigenvalue weighted by Gasteiger charge is 2.69. The molecule has 156 valence electrons. The van der Waals surface area contributed by atoms with E-state index < -0.39 is 0 Å². The number of rotatable bonds is 4. The van der Waals surface area contributed by atoms with Gasteiger partial charge < -0.3 is 9.84 Å². The van der Waals surface area contributed by atoms with Gasteiger partial charge in [0.15, 0.2) is 0 Å². The summed E-state index contributed by atoms with van der Waals surface area (Å²) in [6, 6.07) is 4.22. The van der Waals surface area contributed by atoms with Crippen LogP contribution < -0.4 is 4.74 Å². The molecule has 2 saturated carbocycles. The van der Waals surface area contributed by atoms with Gasteiger partial charge in [-0.2, -0.15) is 0 Å². The van der Waals surface area contributed by atoms with Gasteiger partial charge in [0.2, 0.25) is 0 Å². The molecule has 1 aromatic carbocycles. The predicted octanol–water partition coefficient (Wildman–Crippen LogP) is 6.46. The number of hydrogen-bond acceptors (Lipinski definition) is 2. The van der Waals surface area contributed by atoms with E-state index in [1.54, 1.807) is 13.8 Å². The largest absolute Gasteiger partial charge is 0.508 e. The summed E-state index contributed by atoms with van der Waals surface area (Å²) < 4.78 is 6.51. The zero-order chi connectivity index (χ0) is 21.2. The van der Waals surface area contributed by atoms with Crippen LogP contribution in [-0.2, 0) is 6.42 Å². The van der Waals surface area contributed by atoms with Crippen molar-refractivity contribution in [3.05, 3.63) is 23.3 Å². The minimum Gasteiger partial charge on any atom is -0.508 e. The molecule has 0 aromatic heterocycles. The van der Waals surface area contributed by atoms with Crippen LogP contribution in [0.1, 0.15) is 90.7 Å². The van der Waals surface area contributed by atoms with E-state index in [0.29, 0.717) is 17.6 Å². The normalized spacial score (nSPS) is 29.2. The van der Waals surface area contributed by atoms with Gasteiger partial charge in [0, 0.05) is 17.4 Å². The molecule has 1 aromatic rings. The fourth-order valence-corrected chi connectivity index (χ4v) is 6.04. The molecule has 0 spiro atoms. The van der Waals surface area contributed by atoms with Crippen LogP contribution in [0.5, 0.6) is 11.5 Å². The maximum absolute atomic E-state index is 10.7. The zero-order valence-electron chi connectivity index (χ0n) is 19.0. The van der Waals surface area contributed by atoms with Crippen molar-refractivity contribution >= 4 is 0 Å². The quantitative estimate of drug-likeness (QED) is 0.471. The van der Waals surface area contributed by atoms with Crippen molar-refractivity contribution in [3.8, 4) is 35.2 Å². The molecular weight excluding hydrogens is 356 g/mol. The van der Waals surface area contributed by atoms with Gasteiger partial charge in [-0.15, -0.1) is 0 Å². The second-order valence-corrected chi connectivity index (χ2v) is 9.62. The molecule has 4 atom stereocenters. The first-order valence-corrected chi connectivity index (χ1v) is 11.2. The van der Waals surface area contributed by atoms with Crippen LogP contribution >= 0.6 is 0 Å². The van der Waals surface area contributed by atoms with Crippen LogP contribution in [0.3, 0.4) is 0 Å². The van der Waals surface area contributed by atoms with Gasteiger partial charge in [-0.05, 0) is 87.3 Å². The molecular formula is C27H36O2. The summed E-state index contributed by atoms with van der Waals surface area (Å²) in [6.45, 7) is 12.8. The van der Waals surface area contributed by atoms with Gasteiger partial charge in [-0.3, -0.25) is 0 Å². The van der Waals surface area contributed by atoms with Crippen molar-refractivity contribution in [2.24, 2.45) is 17.3 Å². The number of unbranched alkanes of at least 4 members (excludes halogenated alkanes) is 2. The van der Waals surface area contributed by atoms with Gasteiger partial charge in [-0.25, -0.2) is 0 Å². The molecule has 0 amide bonds. The van der Waals surface area contributed by atoms with E-state index in [9.17, 15) is 5.11 Å². The average molecular weight is 393 g/mol. The molecule has 0 radical (unpaired) electrons. The summed E-state index contributed by atoms with van der Waals surface area (Å²) in [4.78, 5) is 0. The van der Waals surface area contributed by atoms with Crippen molar-refractivity contribution in [2.75, 3.05) is 0 Å². The predicted molar refractivity (Wildman–Crippen MR) is 120 cm³/mol. The van der Waals surface area contributed by atoms with E-state index in [1.165, 1.54) is 31.2 Å². The maximum Gasteiger partial charge on any atom is 0.127 e. The van der Waals surface area contributed by atoms with Crippen LogP contribution in [0.15, 0.2) is 12.1 Å². The Hall–Kier alpha value is -2.06. The van der Waals surface area contributed by atoms with Crippen molar-refractivity contribution in [1.29, 1.82) is 0 Å². The smallest absolute Gasteiger partial charge is 0.127 e. The molecule has 0 bridgehead atoms. The first-order chi connectivity index (χ1) is 13.8. The molecule has 1 N–H and O–H groups in total. The van der Waals surface area contributed by atoms with Gasteiger partial charge >= 0.3 is 0 Å². The molecule has 29 heavy (non-hydrogen) atoms. The van der Waals surface area contributed by atoms with Crippen molar-refractivity contribution < 1.29 is 9.84 Å². The number of fused-ring (bicyclic) bond motifs is 2. The minimum absolute atomic E-state index is 0.0215. The van der Waals surface area contributed by atoms with Gasteiger partial charge in [0.05, 0.1) is 0 Å². The number of aryl methyl sites for hydroxylation is 1. The third-order valence-electron chi connectivity index (χ3n) is 7.42. The summed E-state index contributed by atoms with van der Waals surface area (Å²) in [6.07, 6.45) is 7.12. The first kappa shape index (κ1) is 21.6. The van der Waals surface area contributed by atoms with Crippen molar-refractivity contribution in [3.63, 3.8) is 0 Å². The van der Waals surface area contributed by atoms with Crippen molar-refractivity contribution in [2.45, 2.75) is 91.6 Å². The third kappa shape index (κ3) is 3.75. The monoisotopic (exact) mass is 392 g/mol. The standard InChI is InChI=1S/C21H30O2.C6H6/c1-5-6-7-8-13-11-15(22)17-16(12-13)23-21(4)10-9-14-18(21)19(17)20(14,2)3;1-3-5-6-4-2/h11-12,14,18-19,22H,5-10H2,1-4H3;1-2H3/t14-,18+,19+,21+;/m0./s1. The SMILES string of the molecule is CC#CC#CC.CCCCCc1cc(O)c2c(c1)O[C@]1(C)CC[C@H]3[C@@H]1[C@@H]2C3(C)C. The molecule has 2 fully saturated rings. The number of hydrogen-bond donors (Lipinski definition) is 1. The highest BCUT2D eigenvalue weighted by Crippen LogP contribution is 2.74. The Kier molecular flexibility index (Phi) is 6.24. The van der Waals surface area contributed by atoms with E-state index in [0.717, 1.165) is 30.1 Å². The lowest BCUT2D eigenvalue weighted by molar-refractivity contribution is -0.121. The van der Waals surface area contributed by atoms with Crippen LogP contribution in [0.25, 0.3) is 0 Å². The van der Waals surface area contributed by atoms with Crippen LogP contribution in [-0.4, -0.2) is 10.7 Å². The maximum atomic E-state index is 10.7. The fourth-order valence-electron chi connectivity index (χ4n) is 6.04. The van der Waals surface area contributed by atoms with E-state index in [2.05, 4.69) is 57.4 Å². The highest BCUT2D eigenvalue weighted by molar-refractivity contribution is 5.55. The lowest BCUT2D eigenvalue weighted by Gasteiger charge is -2.62. The Bertz CT molecular complexity index is 856. The number of phenols is 1. The molecule has 0 unspecified atom stereocenters. The molecule has 2 nitrogen and oxygen atoms in total. The Morgan fingerprint density at radius 2 is 1.79 bits per heavy atom. The second kappa shape index (κ2) is 8.36. The lowest BCUT2D eigenvalue weighted by atomic mass is 9.45. The van der Waals surface area contributed by atoms with Crippen LogP contribution in [0, 0.1) is 40.9 Å². The number of aromatic hydroxyl groups is 1. The van der Waals surface area contributed by atoms with Crippen molar-refractivity contribution in [1.82, 2.24) is 0 Å². The number of benzene rings is 1. The molecule has 1 aliphatic heterocycles. The topological polar surface area (TPSA) is 29.5 Å². The highest BCUT2D eigenvalue weighted by atomic mass is 16.5. The zero-order valence-corrected chi connectivity index (χ0v) is 19.0. The Morgan fingerprint density at radius 3 is 2.41 bits per heavy atom. The molecule has 0 saturated heterocycles. The summed E-state index contributed by atoms with van der Waals surface area (Å²) in [5, 5.41) is 10.7. The van der Waals surface area contributed by atoms with E-state index in [4.69, 9.17) is 4.74 Å². The second-order valence-electron chi connectivity index (χ2n) is 9.62. The average Bonchev–Trinajstić information content (AvgIpc) is 3.01. The first-order valence-electron chi connectivity index (χ1n) is 11.2. The van der Waals surface area contributed by atoms with Crippen LogP contribution in [0.2, 0.25) is 0 Å². The minimum atomic E-state index is -0.0215. The molecule has 3 aliphatic rings. The van der Waals surface area contributed by atoms with Gasteiger partial charge in [0.25, 0.3) is 0 Å². The van der Waals surface area contributed by atoms with Gasteiger partial charge in [0.1, 0.15) is 17.1 Å². The lowest BCUT2D eigenvalue weighted by Crippen LogP contribution is -2.59. The Morgan fingerprint density at radius 1 is 1.10 bits per heavy atom. The molecule has 2 heteroatoms. The molecule has 4 rings (SSSR count). The molecule has 2 aliphatic carbocycles. The van der Waals surface area contributed by atoms with E-state index in [-0.39, 0.29) is 11.0 Å². The van der Waals surface area contributed by atoms with E-state index >= 15 is 0 Å². The fraction of sp³-hybridized carbons (Fsp3) is 0.630.